The van der Waals surface area contributed by atoms with Crippen LogP contribution in [0, 0.1) is 0 Å². The lowest BCUT2D eigenvalue weighted by Gasteiger charge is -2.29. The molecule has 4 N–H and O–H groups in total. The van der Waals surface area contributed by atoms with Gasteiger partial charge in [0.25, 0.3) is 0 Å². The number of piperazine rings is 1. The third kappa shape index (κ3) is 6.73. The molecule has 1 unspecified atom stereocenters. The molecule has 1 aromatic rings. The van der Waals surface area contributed by atoms with E-state index in [2.05, 4.69) is 40.5 Å². The molecule has 1 saturated heterocycles. The van der Waals surface area contributed by atoms with Crippen molar-refractivity contribution in [2.45, 2.75) is 12.5 Å². The summed E-state index contributed by atoms with van der Waals surface area (Å²) in [6.45, 7) is 4.47. The second kappa shape index (κ2) is 8.93. The predicted molar refractivity (Wildman–Crippen MR) is 77.4 cm³/mol. The molecule has 116 valence electrons. The molecule has 7 nitrogen and oxygen atoms in total. The summed E-state index contributed by atoms with van der Waals surface area (Å²) in [5.74, 6) is -2.85. The quantitative estimate of drug-likeness (QED) is 0.619. The van der Waals surface area contributed by atoms with Crippen molar-refractivity contribution in [1.29, 1.82) is 0 Å². The number of aliphatic hydroxyl groups excluding tert-OH is 1. The van der Waals surface area contributed by atoms with Gasteiger partial charge in [0, 0.05) is 31.9 Å². The fourth-order valence-electron chi connectivity index (χ4n) is 1.81. The zero-order chi connectivity index (χ0) is 15.7. The highest BCUT2D eigenvalue weighted by atomic mass is 16.4. The van der Waals surface area contributed by atoms with Crippen LogP contribution in [0.25, 0.3) is 0 Å². The lowest BCUT2D eigenvalue weighted by atomic mass is 10.2. The van der Waals surface area contributed by atoms with Gasteiger partial charge in [-0.1, -0.05) is 18.2 Å². The van der Waals surface area contributed by atoms with Crippen LogP contribution in [0.5, 0.6) is 0 Å². The van der Waals surface area contributed by atoms with Crippen LogP contribution in [-0.2, 0) is 9.59 Å². The Kier molecular flexibility index (Phi) is 7.20. The molecule has 0 amide bonds. The number of nitrogens with zero attached hydrogens (tertiary/aromatic N) is 1. The lowest BCUT2D eigenvalue weighted by molar-refractivity contribution is -0.152. The zero-order valence-electron chi connectivity index (χ0n) is 11.6. The summed E-state index contributed by atoms with van der Waals surface area (Å²) < 4.78 is 0. The first kappa shape index (κ1) is 16.9. The highest BCUT2D eigenvalue weighted by Crippen LogP contribution is 2.12. The molecule has 1 aliphatic heterocycles. The Morgan fingerprint density at radius 3 is 2.14 bits per heavy atom. The van der Waals surface area contributed by atoms with Gasteiger partial charge in [0.15, 0.2) is 6.10 Å². The molecule has 1 atom stereocenters. The minimum Gasteiger partial charge on any atom is -0.481 e. The molecule has 1 aliphatic rings. The molecule has 7 heteroatoms. The smallest absolute Gasteiger partial charge is 0.333 e. The number of carboxylic acids is 2. The van der Waals surface area contributed by atoms with Crippen LogP contribution in [0.1, 0.15) is 6.42 Å². The number of para-hydroxylation sites is 1. The van der Waals surface area contributed by atoms with Gasteiger partial charge in [-0.2, -0.15) is 0 Å². The number of benzene rings is 1. The predicted octanol–water partition coefficient (Wildman–Crippen LogP) is 0.00280. The minimum atomic E-state index is -1.79. The summed E-state index contributed by atoms with van der Waals surface area (Å²) in [4.78, 5) is 21.8. The van der Waals surface area contributed by atoms with Crippen molar-refractivity contribution in [3.05, 3.63) is 30.3 Å². The largest absolute Gasteiger partial charge is 0.481 e. The second-order valence-corrected chi connectivity index (χ2v) is 4.52. The molecule has 0 bridgehead atoms. The summed E-state index contributed by atoms with van der Waals surface area (Å²) in [7, 11) is 0. The van der Waals surface area contributed by atoms with Gasteiger partial charge in [0.2, 0.25) is 0 Å². The fourth-order valence-corrected chi connectivity index (χ4v) is 1.81. The van der Waals surface area contributed by atoms with Gasteiger partial charge in [-0.3, -0.25) is 4.79 Å². The van der Waals surface area contributed by atoms with Crippen LogP contribution < -0.4 is 10.2 Å². The molecule has 0 aliphatic carbocycles. The number of aliphatic hydroxyl groups is 1. The van der Waals surface area contributed by atoms with Crippen molar-refractivity contribution >= 4 is 17.6 Å². The Morgan fingerprint density at radius 1 is 1.14 bits per heavy atom. The van der Waals surface area contributed by atoms with Crippen molar-refractivity contribution < 1.29 is 24.9 Å². The second-order valence-electron chi connectivity index (χ2n) is 4.52. The normalized spacial score (nSPS) is 15.6. The van der Waals surface area contributed by atoms with Crippen molar-refractivity contribution in [2.75, 3.05) is 31.1 Å². The third-order valence-electron chi connectivity index (χ3n) is 2.89. The Bertz CT molecular complexity index is 446. The maximum Gasteiger partial charge on any atom is 0.333 e. The summed E-state index contributed by atoms with van der Waals surface area (Å²) in [5.41, 5.74) is 1.35. The first-order chi connectivity index (χ1) is 10.0. The number of carbonyl (C=O) groups is 2. The SMILES string of the molecule is O=C(O)CC(O)C(=O)O.c1ccc(N2CCNCC2)cc1. The first-order valence-corrected chi connectivity index (χ1v) is 6.64. The summed E-state index contributed by atoms with van der Waals surface area (Å²) in [5, 5.41) is 27.5. The van der Waals surface area contributed by atoms with Crippen LogP contribution in [-0.4, -0.2) is 59.5 Å². The van der Waals surface area contributed by atoms with Gasteiger partial charge in [0.1, 0.15) is 0 Å². The standard InChI is InChI=1S/C10H14N2.C4H6O5/c1-2-4-10(5-3-1)12-8-6-11-7-9-12;5-2(4(8)9)1-3(6)7/h1-5,11H,6-9H2;2,5H,1H2,(H,6,7)(H,8,9). The van der Waals surface area contributed by atoms with Gasteiger partial charge < -0.3 is 25.5 Å². The molecule has 1 fully saturated rings. The van der Waals surface area contributed by atoms with E-state index < -0.39 is 24.5 Å². The topological polar surface area (TPSA) is 110 Å². The van der Waals surface area contributed by atoms with E-state index in [0.29, 0.717) is 0 Å². The summed E-state index contributed by atoms with van der Waals surface area (Å²) in [6.07, 6.45) is -2.54. The van der Waals surface area contributed by atoms with Crippen LogP contribution in [0.15, 0.2) is 30.3 Å². The van der Waals surface area contributed by atoms with Gasteiger partial charge >= 0.3 is 11.9 Å². The maximum absolute atomic E-state index is 9.72. The Balaban J connectivity index is 0.000000222. The van der Waals surface area contributed by atoms with Crippen molar-refractivity contribution in [3.63, 3.8) is 0 Å². The van der Waals surface area contributed by atoms with Crippen molar-refractivity contribution in [2.24, 2.45) is 0 Å². The van der Waals surface area contributed by atoms with E-state index in [1.165, 1.54) is 5.69 Å². The average Bonchev–Trinajstić information content (AvgIpc) is 2.49. The molecule has 0 spiro atoms. The van der Waals surface area contributed by atoms with E-state index in [-0.39, 0.29) is 0 Å². The number of hydrogen-bond donors (Lipinski definition) is 4. The fraction of sp³-hybridized carbons (Fsp3) is 0.429. The number of rotatable bonds is 4. The van der Waals surface area contributed by atoms with Crippen molar-refractivity contribution in [3.8, 4) is 0 Å². The van der Waals surface area contributed by atoms with E-state index in [4.69, 9.17) is 15.3 Å². The molecular formula is C14H20N2O5. The highest BCUT2D eigenvalue weighted by Gasteiger charge is 2.16. The molecule has 0 radical (unpaired) electrons. The van der Waals surface area contributed by atoms with E-state index in [1.807, 2.05) is 0 Å². The maximum atomic E-state index is 9.72. The minimum absolute atomic E-state index is 0.755. The van der Waals surface area contributed by atoms with E-state index >= 15 is 0 Å². The Hall–Kier alpha value is -2.12. The first-order valence-electron chi connectivity index (χ1n) is 6.64. The van der Waals surface area contributed by atoms with E-state index in [1.54, 1.807) is 0 Å². The average molecular weight is 296 g/mol. The van der Waals surface area contributed by atoms with Crippen LogP contribution in [0.4, 0.5) is 5.69 Å². The molecule has 0 saturated carbocycles. The summed E-state index contributed by atoms with van der Waals surface area (Å²) >= 11 is 0. The van der Waals surface area contributed by atoms with Crippen LogP contribution >= 0.6 is 0 Å². The van der Waals surface area contributed by atoms with Crippen LogP contribution in [0.3, 0.4) is 0 Å². The Morgan fingerprint density at radius 2 is 1.71 bits per heavy atom. The van der Waals surface area contributed by atoms with Gasteiger partial charge in [-0.25, -0.2) is 4.79 Å². The monoisotopic (exact) mass is 296 g/mol. The number of hydrogen-bond acceptors (Lipinski definition) is 5. The molecular weight excluding hydrogens is 276 g/mol. The molecule has 1 aromatic carbocycles. The number of aliphatic carboxylic acids is 2. The zero-order valence-corrected chi connectivity index (χ0v) is 11.6. The van der Waals surface area contributed by atoms with E-state index in [9.17, 15) is 9.59 Å². The lowest BCUT2D eigenvalue weighted by Crippen LogP contribution is -2.43. The molecule has 0 aromatic heterocycles. The van der Waals surface area contributed by atoms with Gasteiger partial charge in [-0.05, 0) is 12.1 Å². The van der Waals surface area contributed by atoms with Crippen molar-refractivity contribution in [1.82, 2.24) is 5.32 Å². The highest BCUT2D eigenvalue weighted by molar-refractivity contribution is 5.79. The number of nitrogens with one attached hydrogen (secondary N) is 1. The van der Waals surface area contributed by atoms with Gasteiger partial charge in [-0.15, -0.1) is 0 Å². The number of anilines is 1. The van der Waals surface area contributed by atoms with Gasteiger partial charge in [0.05, 0.1) is 6.42 Å². The Labute approximate surface area is 122 Å². The van der Waals surface area contributed by atoms with E-state index in [0.717, 1.165) is 26.2 Å². The molecule has 2 rings (SSSR count). The number of carboxylic acid groups (broad SMARTS) is 2. The van der Waals surface area contributed by atoms with Crippen LogP contribution in [0.2, 0.25) is 0 Å². The summed E-state index contributed by atoms with van der Waals surface area (Å²) in [6, 6.07) is 10.6. The molecule has 21 heavy (non-hydrogen) atoms. The molecule has 1 heterocycles. The third-order valence-corrected chi connectivity index (χ3v) is 2.89.